The molecule has 5 nitrogen and oxygen atoms in total. The van der Waals surface area contributed by atoms with Crippen molar-refractivity contribution in [2.24, 2.45) is 17.1 Å². The molecule has 0 aliphatic heterocycles. The molecule has 0 heterocycles. The summed E-state index contributed by atoms with van der Waals surface area (Å²) in [5.41, 5.74) is 11.2. The van der Waals surface area contributed by atoms with Crippen molar-refractivity contribution in [3.8, 4) is 0 Å². The van der Waals surface area contributed by atoms with E-state index in [2.05, 4.69) is 30.8 Å². The summed E-state index contributed by atoms with van der Waals surface area (Å²) >= 11 is 0. The SMILES string of the molecule is CC1=CCCC(C)(C)C1C(=O)CC(C)NNC(N)=O. The van der Waals surface area contributed by atoms with Gasteiger partial charge in [0.15, 0.2) is 0 Å². The maximum Gasteiger partial charge on any atom is 0.326 e. The van der Waals surface area contributed by atoms with Crippen LogP contribution in [0.2, 0.25) is 0 Å². The fraction of sp³-hybridized carbons (Fsp3) is 0.714. The summed E-state index contributed by atoms with van der Waals surface area (Å²) in [6, 6.07) is -0.779. The van der Waals surface area contributed by atoms with Gasteiger partial charge < -0.3 is 5.73 Å². The number of allylic oxidation sites excluding steroid dienone is 2. The Morgan fingerprint density at radius 1 is 1.53 bits per heavy atom. The molecule has 0 fully saturated rings. The van der Waals surface area contributed by atoms with Crippen molar-refractivity contribution < 1.29 is 9.59 Å². The minimum Gasteiger partial charge on any atom is -0.351 e. The third-order valence-electron chi connectivity index (χ3n) is 3.76. The highest BCUT2D eigenvalue weighted by Gasteiger charge is 2.37. The smallest absolute Gasteiger partial charge is 0.326 e. The summed E-state index contributed by atoms with van der Waals surface area (Å²) in [6.07, 6.45) is 4.61. The lowest BCUT2D eigenvalue weighted by Crippen LogP contribution is -2.47. The maximum absolute atomic E-state index is 12.5. The average Bonchev–Trinajstić information content (AvgIpc) is 2.24. The van der Waals surface area contributed by atoms with Crippen LogP contribution in [0.25, 0.3) is 0 Å². The molecule has 5 heteroatoms. The number of hydrogen-bond acceptors (Lipinski definition) is 3. The summed E-state index contributed by atoms with van der Waals surface area (Å²) in [5.74, 6) is 0.184. The van der Waals surface area contributed by atoms with Crippen LogP contribution >= 0.6 is 0 Å². The number of ketones is 1. The van der Waals surface area contributed by atoms with Crippen LogP contribution < -0.4 is 16.6 Å². The van der Waals surface area contributed by atoms with Crippen LogP contribution in [0.15, 0.2) is 11.6 Å². The number of urea groups is 1. The van der Waals surface area contributed by atoms with E-state index in [9.17, 15) is 9.59 Å². The van der Waals surface area contributed by atoms with E-state index in [1.165, 1.54) is 0 Å². The van der Waals surface area contributed by atoms with Crippen LogP contribution in [0.5, 0.6) is 0 Å². The zero-order chi connectivity index (χ0) is 14.6. The number of hydrazine groups is 1. The Hall–Kier alpha value is -1.36. The molecule has 0 aromatic heterocycles. The van der Waals surface area contributed by atoms with Crippen LogP contribution in [-0.2, 0) is 4.79 Å². The highest BCUT2D eigenvalue weighted by Crippen LogP contribution is 2.41. The Morgan fingerprint density at radius 2 is 2.16 bits per heavy atom. The fourth-order valence-corrected chi connectivity index (χ4v) is 2.91. The Bertz CT molecular complexity index is 388. The van der Waals surface area contributed by atoms with Crippen LogP contribution in [0.3, 0.4) is 0 Å². The second kappa shape index (κ2) is 6.19. The van der Waals surface area contributed by atoms with Gasteiger partial charge in [0.2, 0.25) is 0 Å². The molecule has 0 saturated heterocycles. The van der Waals surface area contributed by atoms with Crippen LogP contribution in [-0.4, -0.2) is 17.9 Å². The standard InChI is InChI=1S/C14H25N3O2/c1-9-6-5-7-14(3,4)12(9)11(18)8-10(2)16-17-13(15)19/h6,10,12,16H,5,7-8H2,1-4H3,(H3,15,17,19). The highest BCUT2D eigenvalue weighted by atomic mass is 16.2. The van der Waals surface area contributed by atoms with Crippen molar-refractivity contribution in [1.29, 1.82) is 0 Å². The molecular weight excluding hydrogens is 242 g/mol. The molecule has 0 saturated carbocycles. The molecule has 0 aromatic rings. The molecule has 19 heavy (non-hydrogen) atoms. The summed E-state index contributed by atoms with van der Waals surface area (Å²) in [4.78, 5) is 23.1. The Labute approximate surface area is 115 Å². The van der Waals surface area contributed by atoms with Crippen molar-refractivity contribution in [1.82, 2.24) is 10.9 Å². The van der Waals surface area contributed by atoms with Gasteiger partial charge in [-0.25, -0.2) is 10.2 Å². The molecule has 1 aliphatic rings. The van der Waals surface area contributed by atoms with Gasteiger partial charge in [0, 0.05) is 18.4 Å². The number of Topliss-reactive ketones (excluding diaryl/α,β-unsaturated/α-hetero) is 1. The normalized spacial score (nSPS) is 23.4. The van der Waals surface area contributed by atoms with Gasteiger partial charge in [-0.3, -0.25) is 10.2 Å². The number of nitrogens with two attached hydrogens (primary N) is 1. The predicted molar refractivity (Wildman–Crippen MR) is 75.2 cm³/mol. The number of amides is 2. The van der Waals surface area contributed by atoms with E-state index in [0.29, 0.717) is 6.42 Å². The zero-order valence-electron chi connectivity index (χ0n) is 12.2. The van der Waals surface area contributed by atoms with E-state index in [1.54, 1.807) is 0 Å². The largest absolute Gasteiger partial charge is 0.351 e. The van der Waals surface area contributed by atoms with Crippen LogP contribution in [0.1, 0.15) is 47.0 Å². The van der Waals surface area contributed by atoms with Gasteiger partial charge in [-0.15, -0.1) is 0 Å². The molecule has 0 bridgehead atoms. The molecular formula is C14H25N3O2. The second-order valence-electron chi connectivity index (χ2n) is 6.11. The van der Waals surface area contributed by atoms with E-state index in [0.717, 1.165) is 18.4 Å². The maximum atomic E-state index is 12.5. The number of carbonyl (C=O) groups is 2. The van der Waals surface area contributed by atoms with Gasteiger partial charge in [-0.1, -0.05) is 25.5 Å². The first-order valence-electron chi connectivity index (χ1n) is 6.74. The Morgan fingerprint density at radius 3 is 2.68 bits per heavy atom. The molecule has 0 radical (unpaired) electrons. The first-order valence-corrected chi connectivity index (χ1v) is 6.74. The van der Waals surface area contributed by atoms with E-state index in [4.69, 9.17) is 5.73 Å². The van der Waals surface area contributed by atoms with E-state index in [-0.39, 0.29) is 23.2 Å². The van der Waals surface area contributed by atoms with Crippen LogP contribution in [0, 0.1) is 11.3 Å². The Balaban J connectivity index is 2.63. The minimum absolute atomic E-state index is 0.00670. The fourth-order valence-electron chi connectivity index (χ4n) is 2.91. The number of carbonyl (C=O) groups excluding carboxylic acids is 2. The highest BCUT2D eigenvalue weighted by molar-refractivity contribution is 5.85. The number of primary amides is 1. The molecule has 0 aromatic carbocycles. The Kier molecular flexibility index (Phi) is 5.11. The van der Waals surface area contributed by atoms with Gasteiger partial charge in [0.05, 0.1) is 0 Å². The molecule has 2 unspecified atom stereocenters. The monoisotopic (exact) mass is 267 g/mol. The number of nitrogens with one attached hydrogen (secondary N) is 2. The third kappa shape index (κ3) is 4.35. The lowest BCUT2D eigenvalue weighted by Gasteiger charge is -2.37. The van der Waals surface area contributed by atoms with Crippen molar-refractivity contribution in [2.45, 2.75) is 53.0 Å². The molecule has 0 spiro atoms. The first-order chi connectivity index (χ1) is 8.74. The van der Waals surface area contributed by atoms with Crippen molar-refractivity contribution in [3.63, 3.8) is 0 Å². The lowest BCUT2D eigenvalue weighted by molar-refractivity contribution is -0.125. The first kappa shape index (κ1) is 15.7. The molecule has 108 valence electrons. The lowest BCUT2D eigenvalue weighted by atomic mass is 9.66. The summed E-state index contributed by atoms with van der Waals surface area (Å²) in [7, 11) is 0. The van der Waals surface area contributed by atoms with Crippen molar-refractivity contribution in [2.75, 3.05) is 0 Å². The molecule has 2 atom stereocenters. The van der Waals surface area contributed by atoms with Gasteiger partial charge >= 0.3 is 6.03 Å². The summed E-state index contributed by atoms with van der Waals surface area (Å²) in [5, 5.41) is 0. The molecule has 4 N–H and O–H groups in total. The van der Waals surface area contributed by atoms with Gasteiger partial charge in [0.1, 0.15) is 5.78 Å². The number of hydrogen-bond donors (Lipinski definition) is 3. The third-order valence-corrected chi connectivity index (χ3v) is 3.76. The van der Waals surface area contributed by atoms with E-state index >= 15 is 0 Å². The molecule has 1 aliphatic carbocycles. The van der Waals surface area contributed by atoms with Gasteiger partial charge in [-0.2, -0.15) is 0 Å². The van der Waals surface area contributed by atoms with Crippen LogP contribution in [0.4, 0.5) is 4.79 Å². The van der Waals surface area contributed by atoms with E-state index in [1.807, 2.05) is 13.8 Å². The number of rotatable bonds is 5. The zero-order valence-corrected chi connectivity index (χ0v) is 12.2. The summed E-state index contributed by atoms with van der Waals surface area (Å²) < 4.78 is 0. The van der Waals surface area contributed by atoms with Gasteiger partial charge in [0.25, 0.3) is 0 Å². The predicted octanol–water partition coefficient (Wildman–Crippen LogP) is 1.89. The topological polar surface area (TPSA) is 84.2 Å². The minimum atomic E-state index is -0.645. The van der Waals surface area contributed by atoms with Gasteiger partial charge in [-0.05, 0) is 32.1 Å². The quantitative estimate of drug-likeness (QED) is 0.525. The van der Waals surface area contributed by atoms with Crippen molar-refractivity contribution >= 4 is 11.8 Å². The second-order valence-corrected chi connectivity index (χ2v) is 6.11. The average molecular weight is 267 g/mol. The molecule has 2 amide bonds. The van der Waals surface area contributed by atoms with E-state index < -0.39 is 6.03 Å². The summed E-state index contributed by atoms with van der Waals surface area (Å²) in [6.45, 7) is 8.17. The molecule has 1 rings (SSSR count). The van der Waals surface area contributed by atoms with Crippen molar-refractivity contribution in [3.05, 3.63) is 11.6 Å².